The van der Waals surface area contributed by atoms with E-state index < -0.39 is 0 Å². The van der Waals surface area contributed by atoms with Gasteiger partial charge in [-0.3, -0.25) is 9.59 Å². The number of methoxy groups -OCH3 is 1. The van der Waals surface area contributed by atoms with E-state index in [1.54, 1.807) is 41.3 Å². The van der Waals surface area contributed by atoms with Crippen molar-refractivity contribution in [2.75, 3.05) is 19.0 Å². The van der Waals surface area contributed by atoms with Crippen molar-refractivity contribution >= 4 is 17.5 Å². The van der Waals surface area contributed by atoms with Gasteiger partial charge in [-0.25, -0.2) is 4.68 Å². The van der Waals surface area contributed by atoms with Crippen molar-refractivity contribution in [2.24, 2.45) is 0 Å². The van der Waals surface area contributed by atoms with E-state index in [1.165, 1.54) is 7.11 Å². The standard InChI is InChI=1S/C24H22N4O4/c1-31-16-23(29)26-18-8-5-7-17(13-18)15-25-24(30)21-14-20(22-11-6-12-32-22)27-28(21)19-9-3-2-4-10-19/h2-14H,15-16H2,1H3,(H,25,30)(H,26,29). The molecule has 0 aliphatic heterocycles. The summed E-state index contributed by atoms with van der Waals surface area (Å²) in [5, 5.41) is 10.2. The van der Waals surface area contributed by atoms with E-state index in [0.29, 0.717) is 22.8 Å². The van der Waals surface area contributed by atoms with Crippen LogP contribution in [0.3, 0.4) is 0 Å². The molecule has 2 N–H and O–H groups in total. The maximum Gasteiger partial charge on any atom is 0.270 e. The highest BCUT2D eigenvalue weighted by atomic mass is 16.5. The van der Waals surface area contributed by atoms with Crippen molar-refractivity contribution < 1.29 is 18.7 Å². The second kappa shape index (κ2) is 9.76. The first-order valence-electron chi connectivity index (χ1n) is 9.99. The third-order valence-electron chi connectivity index (χ3n) is 4.66. The molecular formula is C24H22N4O4. The molecule has 2 aromatic carbocycles. The number of ether oxygens (including phenoxy) is 1. The number of carbonyl (C=O) groups excluding carboxylic acids is 2. The Morgan fingerprint density at radius 3 is 2.62 bits per heavy atom. The highest BCUT2D eigenvalue weighted by molar-refractivity contribution is 5.94. The predicted molar refractivity (Wildman–Crippen MR) is 119 cm³/mol. The lowest BCUT2D eigenvalue weighted by molar-refractivity contribution is -0.119. The van der Waals surface area contributed by atoms with Crippen LogP contribution < -0.4 is 10.6 Å². The Hall–Kier alpha value is -4.17. The van der Waals surface area contributed by atoms with Crippen molar-refractivity contribution in [1.29, 1.82) is 0 Å². The van der Waals surface area contributed by atoms with Gasteiger partial charge in [0.1, 0.15) is 18.0 Å². The van der Waals surface area contributed by atoms with Gasteiger partial charge in [0.05, 0.1) is 12.0 Å². The lowest BCUT2D eigenvalue weighted by Gasteiger charge is -2.10. The zero-order chi connectivity index (χ0) is 22.3. The molecular weight excluding hydrogens is 408 g/mol. The van der Waals surface area contributed by atoms with Gasteiger partial charge in [0, 0.05) is 25.4 Å². The fourth-order valence-electron chi connectivity index (χ4n) is 3.21. The molecule has 8 heteroatoms. The predicted octanol–water partition coefficient (Wildman–Crippen LogP) is 3.65. The Bertz CT molecular complexity index is 1200. The van der Waals surface area contributed by atoms with Gasteiger partial charge in [-0.2, -0.15) is 5.10 Å². The summed E-state index contributed by atoms with van der Waals surface area (Å²) in [6.07, 6.45) is 1.56. The van der Waals surface area contributed by atoms with Gasteiger partial charge in [-0.15, -0.1) is 0 Å². The van der Waals surface area contributed by atoms with Crippen molar-refractivity contribution in [3.8, 4) is 17.1 Å². The number of rotatable bonds is 8. The van der Waals surface area contributed by atoms with Gasteiger partial charge in [0.25, 0.3) is 5.91 Å². The molecule has 0 bridgehead atoms. The number of para-hydroxylation sites is 1. The summed E-state index contributed by atoms with van der Waals surface area (Å²) in [7, 11) is 1.46. The van der Waals surface area contributed by atoms with E-state index in [4.69, 9.17) is 9.15 Å². The van der Waals surface area contributed by atoms with Crippen LogP contribution in [0.25, 0.3) is 17.1 Å². The molecule has 0 radical (unpaired) electrons. The number of hydrogen-bond donors (Lipinski definition) is 2. The van der Waals surface area contributed by atoms with Crippen LogP contribution in [0.4, 0.5) is 5.69 Å². The first kappa shape index (κ1) is 21.1. The second-order valence-electron chi connectivity index (χ2n) is 7.00. The van der Waals surface area contributed by atoms with Crippen LogP contribution in [0, 0.1) is 0 Å². The Kier molecular flexibility index (Phi) is 6.43. The fourth-order valence-corrected chi connectivity index (χ4v) is 3.21. The quantitative estimate of drug-likeness (QED) is 0.445. The normalized spacial score (nSPS) is 10.7. The van der Waals surface area contributed by atoms with Crippen LogP contribution in [0.15, 0.2) is 83.5 Å². The van der Waals surface area contributed by atoms with Gasteiger partial charge in [-0.05, 0) is 42.0 Å². The molecule has 2 heterocycles. The number of carbonyl (C=O) groups is 2. The molecule has 0 aliphatic carbocycles. The molecule has 0 spiro atoms. The van der Waals surface area contributed by atoms with Crippen LogP contribution >= 0.6 is 0 Å². The number of nitrogens with one attached hydrogen (secondary N) is 2. The Labute approximate surface area is 184 Å². The van der Waals surface area contributed by atoms with Gasteiger partial charge in [-0.1, -0.05) is 30.3 Å². The van der Waals surface area contributed by atoms with E-state index in [2.05, 4.69) is 15.7 Å². The summed E-state index contributed by atoms with van der Waals surface area (Å²) in [6, 6.07) is 21.9. The third-order valence-corrected chi connectivity index (χ3v) is 4.66. The topological polar surface area (TPSA) is 98.4 Å². The van der Waals surface area contributed by atoms with Crippen LogP contribution in [0.2, 0.25) is 0 Å². The maximum absolute atomic E-state index is 13.1. The molecule has 0 unspecified atom stereocenters. The number of nitrogens with zero attached hydrogens (tertiary/aromatic N) is 2. The zero-order valence-corrected chi connectivity index (χ0v) is 17.4. The minimum atomic E-state index is -0.284. The van der Waals surface area contributed by atoms with Crippen LogP contribution in [0.5, 0.6) is 0 Å². The molecule has 0 aliphatic rings. The van der Waals surface area contributed by atoms with E-state index >= 15 is 0 Å². The van der Waals surface area contributed by atoms with Crippen LogP contribution in [-0.4, -0.2) is 35.3 Å². The molecule has 4 aromatic rings. The number of furan rings is 1. The Morgan fingerprint density at radius 2 is 1.88 bits per heavy atom. The van der Waals surface area contributed by atoms with Gasteiger partial charge in [0.15, 0.2) is 5.76 Å². The summed E-state index contributed by atoms with van der Waals surface area (Å²) in [5.41, 5.74) is 3.18. The minimum Gasteiger partial charge on any atom is -0.463 e. The van der Waals surface area contributed by atoms with E-state index in [-0.39, 0.29) is 25.0 Å². The third kappa shape index (κ3) is 4.93. The minimum absolute atomic E-state index is 0.0254. The molecule has 162 valence electrons. The summed E-state index contributed by atoms with van der Waals surface area (Å²) < 4.78 is 11.9. The van der Waals surface area contributed by atoms with Crippen LogP contribution in [0.1, 0.15) is 16.1 Å². The van der Waals surface area contributed by atoms with E-state index in [9.17, 15) is 9.59 Å². The number of anilines is 1. The molecule has 8 nitrogen and oxygen atoms in total. The molecule has 2 aromatic heterocycles. The smallest absolute Gasteiger partial charge is 0.270 e. The summed E-state index contributed by atoms with van der Waals surface area (Å²) in [5.74, 6) is 0.0483. The lowest BCUT2D eigenvalue weighted by atomic mass is 10.2. The molecule has 4 rings (SSSR count). The van der Waals surface area contributed by atoms with Crippen molar-refractivity contribution in [1.82, 2.24) is 15.1 Å². The van der Waals surface area contributed by atoms with E-state index in [1.807, 2.05) is 42.5 Å². The number of amides is 2. The van der Waals surface area contributed by atoms with Gasteiger partial charge >= 0.3 is 0 Å². The number of hydrogen-bond acceptors (Lipinski definition) is 5. The molecule has 2 amide bonds. The highest BCUT2D eigenvalue weighted by Gasteiger charge is 2.18. The monoisotopic (exact) mass is 430 g/mol. The second-order valence-corrected chi connectivity index (χ2v) is 7.00. The van der Waals surface area contributed by atoms with Gasteiger partial charge < -0.3 is 19.8 Å². The molecule has 0 saturated heterocycles. The average molecular weight is 430 g/mol. The highest BCUT2D eigenvalue weighted by Crippen LogP contribution is 2.22. The van der Waals surface area contributed by atoms with Crippen LogP contribution in [-0.2, 0) is 16.1 Å². The first-order valence-corrected chi connectivity index (χ1v) is 9.99. The van der Waals surface area contributed by atoms with Crippen molar-refractivity contribution in [3.05, 3.63) is 90.3 Å². The summed E-state index contributed by atoms with van der Waals surface area (Å²) in [4.78, 5) is 24.8. The summed E-state index contributed by atoms with van der Waals surface area (Å²) >= 11 is 0. The molecule has 32 heavy (non-hydrogen) atoms. The number of aromatic nitrogens is 2. The molecule has 0 saturated carbocycles. The lowest BCUT2D eigenvalue weighted by Crippen LogP contribution is -2.25. The summed E-state index contributed by atoms with van der Waals surface area (Å²) in [6.45, 7) is 0.255. The Morgan fingerprint density at radius 1 is 1.03 bits per heavy atom. The first-order chi connectivity index (χ1) is 15.6. The zero-order valence-electron chi connectivity index (χ0n) is 17.4. The van der Waals surface area contributed by atoms with Crippen molar-refractivity contribution in [2.45, 2.75) is 6.54 Å². The maximum atomic E-state index is 13.1. The van der Waals surface area contributed by atoms with Crippen molar-refractivity contribution in [3.63, 3.8) is 0 Å². The number of benzene rings is 2. The van der Waals surface area contributed by atoms with Gasteiger partial charge in [0.2, 0.25) is 5.91 Å². The van der Waals surface area contributed by atoms with E-state index in [0.717, 1.165) is 11.3 Å². The Balaban J connectivity index is 1.53. The molecule has 0 fully saturated rings. The largest absolute Gasteiger partial charge is 0.463 e. The molecule has 0 atom stereocenters. The SMILES string of the molecule is COCC(=O)Nc1cccc(CNC(=O)c2cc(-c3ccco3)nn2-c2ccccc2)c1. The average Bonchev–Trinajstić information content (AvgIpc) is 3.49. The fraction of sp³-hybridized carbons (Fsp3) is 0.125.